The number of rotatable bonds is 8. The van der Waals surface area contributed by atoms with E-state index < -0.39 is 12.1 Å². The van der Waals surface area contributed by atoms with Crippen LogP contribution in [0, 0.1) is 0 Å². The van der Waals surface area contributed by atoms with E-state index in [-0.39, 0.29) is 31.0 Å². The van der Waals surface area contributed by atoms with E-state index in [1.54, 1.807) is 26.0 Å². The number of hydrogen-bond donors (Lipinski definition) is 2. The Bertz CT molecular complexity index is 497. The number of carbonyl (C=O) groups excluding carboxylic acids is 1. The Morgan fingerprint density at radius 1 is 1.24 bits per heavy atom. The molecule has 0 bridgehead atoms. The van der Waals surface area contributed by atoms with E-state index in [1.165, 1.54) is 6.07 Å². The third-order valence-corrected chi connectivity index (χ3v) is 2.88. The molecule has 0 radical (unpaired) electrons. The molecule has 1 unspecified atom stereocenters. The fraction of sp³-hybridized carbons (Fsp3) is 0.467. The Labute approximate surface area is 123 Å². The van der Waals surface area contributed by atoms with Crippen molar-refractivity contribution in [2.75, 3.05) is 13.2 Å². The average Bonchev–Trinajstić information content (AvgIpc) is 2.45. The molecule has 1 atom stereocenters. The van der Waals surface area contributed by atoms with E-state index in [4.69, 9.17) is 14.6 Å². The van der Waals surface area contributed by atoms with Crippen LogP contribution in [0.4, 0.5) is 0 Å². The summed E-state index contributed by atoms with van der Waals surface area (Å²) in [4.78, 5) is 22.4. The van der Waals surface area contributed by atoms with Crippen molar-refractivity contribution in [3.8, 4) is 5.75 Å². The summed E-state index contributed by atoms with van der Waals surface area (Å²) < 4.78 is 10.3. The van der Waals surface area contributed by atoms with E-state index in [0.29, 0.717) is 17.9 Å². The SMILES string of the molecule is CCOC(=O)CCc1c(OCC)cccc1C(O)C(=O)O. The molecule has 116 valence electrons. The minimum atomic E-state index is -1.65. The standard InChI is InChI=1S/C15H20O6/c1-3-20-12-7-5-6-11(14(17)15(18)19)10(12)8-9-13(16)21-4-2/h5-7,14,17H,3-4,8-9H2,1-2H3,(H,18,19). The molecular formula is C15H20O6. The summed E-state index contributed by atoms with van der Waals surface area (Å²) in [5.74, 6) is -1.25. The summed E-state index contributed by atoms with van der Waals surface area (Å²) in [5, 5.41) is 18.7. The van der Waals surface area contributed by atoms with Crippen LogP contribution in [0.3, 0.4) is 0 Å². The van der Waals surface area contributed by atoms with Crippen LogP contribution in [-0.2, 0) is 20.7 Å². The van der Waals surface area contributed by atoms with Crippen LogP contribution in [0.5, 0.6) is 5.75 Å². The quantitative estimate of drug-likeness (QED) is 0.709. The Morgan fingerprint density at radius 2 is 1.95 bits per heavy atom. The molecule has 0 saturated heterocycles. The number of carboxylic acids is 1. The highest BCUT2D eigenvalue weighted by Crippen LogP contribution is 2.29. The Hall–Kier alpha value is -2.08. The highest BCUT2D eigenvalue weighted by molar-refractivity contribution is 5.75. The van der Waals surface area contributed by atoms with E-state index in [0.717, 1.165) is 0 Å². The molecule has 1 rings (SSSR count). The van der Waals surface area contributed by atoms with Gasteiger partial charge in [-0.05, 0) is 31.9 Å². The lowest BCUT2D eigenvalue weighted by molar-refractivity contribution is -0.147. The molecule has 0 aliphatic heterocycles. The number of hydrogen-bond acceptors (Lipinski definition) is 5. The van der Waals surface area contributed by atoms with Crippen molar-refractivity contribution in [2.45, 2.75) is 32.8 Å². The van der Waals surface area contributed by atoms with E-state index >= 15 is 0 Å². The van der Waals surface area contributed by atoms with Crippen molar-refractivity contribution in [1.29, 1.82) is 0 Å². The molecule has 6 nitrogen and oxygen atoms in total. The molecule has 2 N–H and O–H groups in total. The zero-order valence-corrected chi connectivity index (χ0v) is 12.2. The van der Waals surface area contributed by atoms with E-state index in [9.17, 15) is 14.7 Å². The molecule has 0 fully saturated rings. The van der Waals surface area contributed by atoms with Crippen LogP contribution >= 0.6 is 0 Å². The minimum absolute atomic E-state index is 0.0945. The van der Waals surface area contributed by atoms with Gasteiger partial charge in [0.1, 0.15) is 5.75 Å². The molecule has 1 aromatic carbocycles. The van der Waals surface area contributed by atoms with Gasteiger partial charge in [-0.1, -0.05) is 12.1 Å². The van der Waals surface area contributed by atoms with Gasteiger partial charge in [0.2, 0.25) is 0 Å². The fourth-order valence-electron chi connectivity index (χ4n) is 1.99. The van der Waals surface area contributed by atoms with Gasteiger partial charge in [0.25, 0.3) is 0 Å². The van der Waals surface area contributed by atoms with E-state index in [1.807, 2.05) is 0 Å². The van der Waals surface area contributed by atoms with Gasteiger partial charge in [-0.15, -0.1) is 0 Å². The smallest absolute Gasteiger partial charge is 0.337 e. The molecule has 6 heteroatoms. The zero-order chi connectivity index (χ0) is 15.8. The molecule has 0 spiro atoms. The summed E-state index contributed by atoms with van der Waals surface area (Å²) in [7, 11) is 0. The lowest BCUT2D eigenvalue weighted by atomic mass is 9.97. The predicted molar refractivity (Wildman–Crippen MR) is 75.2 cm³/mol. The fourth-order valence-corrected chi connectivity index (χ4v) is 1.99. The van der Waals surface area contributed by atoms with Gasteiger partial charge >= 0.3 is 11.9 Å². The molecular weight excluding hydrogens is 276 g/mol. The second kappa shape index (κ2) is 8.26. The molecule has 0 heterocycles. The topological polar surface area (TPSA) is 93.1 Å². The maximum Gasteiger partial charge on any atom is 0.337 e. The molecule has 0 amide bonds. The molecule has 1 aromatic rings. The van der Waals surface area contributed by atoms with E-state index in [2.05, 4.69) is 0 Å². The zero-order valence-electron chi connectivity index (χ0n) is 12.2. The number of carbonyl (C=O) groups is 2. The third kappa shape index (κ3) is 4.75. The van der Waals surface area contributed by atoms with Crippen molar-refractivity contribution in [1.82, 2.24) is 0 Å². The lowest BCUT2D eigenvalue weighted by Gasteiger charge is -2.16. The first-order valence-electron chi connectivity index (χ1n) is 6.82. The Balaban J connectivity index is 3.05. The minimum Gasteiger partial charge on any atom is -0.494 e. The lowest BCUT2D eigenvalue weighted by Crippen LogP contribution is -2.15. The largest absolute Gasteiger partial charge is 0.494 e. The number of aliphatic hydroxyl groups is 1. The average molecular weight is 296 g/mol. The van der Waals surface area contributed by atoms with Crippen molar-refractivity contribution < 1.29 is 29.3 Å². The number of ether oxygens (including phenoxy) is 2. The summed E-state index contributed by atoms with van der Waals surface area (Å²) in [6.07, 6.45) is -1.31. The summed E-state index contributed by atoms with van der Waals surface area (Å²) in [6.45, 7) is 4.21. The first kappa shape index (κ1) is 17.0. The highest BCUT2D eigenvalue weighted by Gasteiger charge is 2.22. The molecule has 0 aliphatic carbocycles. The van der Waals surface area contributed by atoms with Crippen LogP contribution < -0.4 is 4.74 Å². The van der Waals surface area contributed by atoms with Crippen LogP contribution in [0.25, 0.3) is 0 Å². The van der Waals surface area contributed by atoms with Gasteiger partial charge in [0.15, 0.2) is 6.10 Å². The van der Waals surface area contributed by atoms with Gasteiger partial charge in [-0.3, -0.25) is 4.79 Å². The van der Waals surface area contributed by atoms with Crippen molar-refractivity contribution >= 4 is 11.9 Å². The highest BCUT2D eigenvalue weighted by atomic mass is 16.5. The first-order chi connectivity index (χ1) is 10.0. The van der Waals surface area contributed by atoms with Gasteiger partial charge in [-0.25, -0.2) is 4.79 Å². The molecule has 0 aromatic heterocycles. The number of esters is 1. The van der Waals surface area contributed by atoms with Crippen molar-refractivity contribution in [3.05, 3.63) is 29.3 Å². The van der Waals surface area contributed by atoms with Gasteiger partial charge < -0.3 is 19.7 Å². The first-order valence-corrected chi connectivity index (χ1v) is 6.82. The number of carboxylic acid groups (broad SMARTS) is 1. The van der Waals surface area contributed by atoms with Gasteiger partial charge in [0.05, 0.1) is 13.2 Å². The third-order valence-electron chi connectivity index (χ3n) is 2.88. The maximum absolute atomic E-state index is 11.5. The molecule has 0 aliphatic rings. The number of aliphatic hydroxyl groups excluding tert-OH is 1. The van der Waals surface area contributed by atoms with Crippen LogP contribution in [0.15, 0.2) is 18.2 Å². The van der Waals surface area contributed by atoms with Crippen LogP contribution in [0.1, 0.15) is 37.5 Å². The molecule has 21 heavy (non-hydrogen) atoms. The Morgan fingerprint density at radius 3 is 2.52 bits per heavy atom. The monoisotopic (exact) mass is 296 g/mol. The van der Waals surface area contributed by atoms with Crippen molar-refractivity contribution in [3.63, 3.8) is 0 Å². The number of aliphatic carboxylic acids is 1. The van der Waals surface area contributed by atoms with Gasteiger partial charge in [0, 0.05) is 12.0 Å². The maximum atomic E-state index is 11.5. The number of benzene rings is 1. The summed E-state index contributed by atoms with van der Waals surface area (Å²) >= 11 is 0. The van der Waals surface area contributed by atoms with Crippen molar-refractivity contribution in [2.24, 2.45) is 0 Å². The summed E-state index contributed by atoms with van der Waals surface area (Å²) in [5.41, 5.74) is 0.750. The van der Waals surface area contributed by atoms with Gasteiger partial charge in [-0.2, -0.15) is 0 Å². The Kier molecular flexibility index (Phi) is 6.68. The second-order valence-corrected chi connectivity index (χ2v) is 4.30. The predicted octanol–water partition coefficient (Wildman–Crippen LogP) is 1.70. The second-order valence-electron chi connectivity index (χ2n) is 4.30. The normalized spacial score (nSPS) is 11.8. The molecule has 0 saturated carbocycles. The summed E-state index contributed by atoms with van der Waals surface area (Å²) in [6, 6.07) is 4.81. The van der Waals surface area contributed by atoms with Crippen LogP contribution in [0.2, 0.25) is 0 Å². The van der Waals surface area contributed by atoms with Crippen LogP contribution in [-0.4, -0.2) is 35.4 Å².